The van der Waals surface area contributed by atoms with Crippen LogP contribution in [0.3, 0.4) is 0 Å². The molecule has 0 fully saturated rings. The van der Waals surface area contributed by atoms with Crippen molar-refractivity contribution in [2.24, 2.45) is 0 Å². The molecule has 0 saturated carbocycles. The van der Waals surface area contributed by atoms with E-state index in [0.717, 1.165) is 0 Å². The topological polar surface area (TPSA) is 77.2 Å². The molecule has 1 aromatic carbocycles. The number of ether oxygens (including phenoxy) is 1. The summed E-state index contributed by atoms with van der Waals surface area (Å²) in [7, 11) is 0. The molecule has 9 heteroatoms. The van der Waals surface area contributed by atoms with E-state index in [-0.39, 0.29) is 28.9 Å². The van der Waals surface area contributed by atoms with Gasteiger partial charge in [-0.2, -0.15) is 8.78 Å². The molecule has 0 spiro atoms. The summed E-state index contributed by atoms with van der Waals surface area (Å²) in [5.41, 5.74) is -0.779. The summed E-state index contributed by atoms with van der Waals surface area (Å²) in [4.78, 5) is 21.0. The Morgan fingerprint density at radius 1 is 1.16 bits per heavy atom. The van der Waals surface area contributed by atoms with Crippen molar-refractivity contribution in [1.82, 2.24) is 14.5 Å². The van der Waals surface area contributed by atoms with Crippen LogP contribution in [0.2, 0.25) is 0 Å². The van der Waals surface area contributed by atoms with E-state index in [1.54, 1.807) is 26.1 Å². The maximum atomic E-state index is 14.8. The first-order valence-corrected chi connectivity index (χ1v) is 9.94. The molecule has 0 bridgehead atoms. The fourth-order valence-corrected chi connectivity index (χ4v) is 3.17. The monoisotopic (exact) mass is 435 g/mol. The molecule has 0 amide bonds. The van der Waals surface area contributed by atoms with E-state index < -0.39 is 18.0 Å². The molecule has 1 N–H and O–H groups in total. The highest BCUT2D eigenvalue weighted by molar-refractivity contribution is 5.85. The summed E-state index contributed by atoms with van der Waals surface area (Å²) in [5, 5.41) is 10.8. The van der Waals surface area contributed by atoms with E-state index in [0.29, 0.717) is 36.8 Å². The second-order valence-electron chi connectivity index (χ2n) is 7.78. The molecule has 2 heterocycles. The van der Waals surface area contributed by atoms with Crippen LogP contribution in [0.15, 0.2) is 41.6 Å². The Balaban J connectivity index is 1.77. The Bertz CT molecular complexity index is 1090. The van der Waals surface area contributed by atoms with Gasteiger partial charge in [-0.3, -0.25) is 4.79 Å². The quantitative estimate of drug-likeness (QED) is 0.509. The molecule has 0 saturated heterocycles. The van der Waals surface area contributed by atoms with Gasteiger partial charge in [-0.15, -0.1) is 0 Å². The minimum absolute atomic E-state index is 0.0306. The van der Waals surface area contributed by atoms with E-state index in [9.17, 15) is 23.1 Å². The normalized spacial score (nSPS) is 12.1. The Morgan fingerprint density at radius 3 is 2.52 bits per heavy atom. The predicted molar refractivity (Wildman–Crippen MR) is 110 cm³/mol. The van der Waals surface area contributed by atoms with E-state index in [2.05, 4.69) is 14.7 Å². The van der Waals surface area contributed by atoms with Crippen molar-refractivity contribution in [3.63, 3.8) is 0 Å². The van der Waals surface area contributed by atoms with Crippen molar-refractivity contribution in [1.29, 1.82) is 0 Å². The minimum atomic E-state index is -2.77. The minimum Gasteiger partial charge on any atom is -0.386 e. The van der Waals surface area contributed by atoms with Crippen LogP contribution in [0.1, 0.15) is 38.7 Å². The smallest absolute Gasteiger partial charge is 0.345 e. The number of pyridine rings is 1. The second kappa shape index (κ2) is 9.57. The number of nitrogens with zero attached hydrogens (tertiary/aromatic N) is 3. The number of unbranched alkanes of at least 4 members (excludes halogenated alkanes) is 2. The lowest BCUT2D eigenvalue weighted by Gasteiger charge is -2.16. The third-order valence-corrected chi connectivity index (χ3v) is 4.95. The average Bonchev–Trinajstić information content (AvgIpc) is 2.71. The number of fused-ring (bicyclic) bond motifs is 1. The van der Waals surface area contributed by atoms with Crippen LogP contribution in [-0.2, 0) is 16.9 Å². The molecule has 0 radical (unpaired) electrons. The first-order chi connectivity index (χ1) is 14.7. The molecule has 0 atom stereocenters. The fraction of sp³-hybridized carbons (Fsp3) is 0.409. The molecular weight excluding hydrogens is 411 g/mol. The molecule has 0 aliphatic carbocycles. The van der Waals surface area contributed by atoms with Crippen LogP contribution < -0.4 is 5.56 Å². The molecule has 31 heavy (non-hydrogen) atoms. The molecule has 0 unspecified atom stereocenters. The lowest BCUT2D eigenvalue weighted by Crippen LogP contribution is -2.20. The van der Waals surface area contributed by atoms with Gasteiger partial charge in [-0.05, 0) is 56.7 Å². The molecule has 166 valence electrons. The van der Waals surface area contributed by atoms with Crippen LogP contribution in [0.5, 0.6) is 0 Å². The first-order valence-electron chi connectivity index (χ1n) is 9.94. The lowest BCUT2D eigenvalue weighted by molar-refractivity contribution is -0.129. The van der Waals surface area contributed by atoms with Crippen LogP contribution in [-0.4, -0.2) is 32.9 Å². The summed E-state index contributed by atoms with van der Waals surface area (Å²) in [6.45, 7) is 0.799. The third kappa shape index (κ3) is 5.68. The zero-order chi connectivity index (χ0) is 22.6. The van der Waals surface area contributed by atoms with E-state index in [1.807, 2.05) is 0 Å². The van der Waals surface area contributed by atoms with Gasteiger partial charge in [-0.25, -0.2) is 14.4 Å². The van der Waals surface area contributed by atoms with Crippen molar-refractivity contribution < 1.29 is 23.0 Å². The fourth-order valence-electron chi connectivity index (χ4n) is 3.17. The van der Waals surface area contributed by atoms with Crippen molar-refractivity contribution in [2.45, 2.75) is 51.9 Å². The second-order valence-corrected chi connectivity index (χ2v) is 7.78. The maximum Gasteiger partial charge on any atom is 0.345 e. The molecule has 2 aromatic heterocycles. The van der Waals surface area contributed by atoms with E-state index >= 15 is 0 Å². The van der Waals surface area contributed by atoms with Gasteiger partial charge in [-0.1, -0.05) is 0 Å². The number of hydrogen-bond donors (Lipinski definition) is 1. The molecule has 0 aliphatic rings. The summed E-state index contributed by atoms with van der Waals surface area (Å²) in [5.74, 6) is -0.467. The number of alkyl halides is 2. The Kier molecular flexibility index (Phi) is 7.07. The molecular formula is C22H24F3N3O3. The van der Waals surface area contributed by atoms with Gasteiger partial charge in [0.05, 0.1) is 23.2 Å². The van der Waals surface area contributed by atoms with Crippen LogP contribution >= 0.6 is 0 Å². The van der Waals surface area contributed by atoms with Crippen molar-refractivity contribution in [3.8, 4) is 11.4 Å². The van der Waals surface area contributed by atoms with E-state index in [4.69, 9.17) is 0 Å². The predicted octanol–water partition coefficient (Wildman–Crippen LogP) is 4.23. The van der Waals surface area contributed by atoms with Gasteiger partial charge < -0.3 is 14.4 Å². The third-order valence-electron chi connectivity index (χ3n) is 4.95. The Hall–Kier alpha value is -2.78. The number of halogens is 3. The number of rotatable bonds is 9. The highest BCUT2D eigenvalue weighted by Crippen LogP contribution is 2.25. The highest BCUT2D eigenvalue weighted by Gasteiger charge is 2.18. The van der Waals surface area contributed by atoms with Crippen LogP contribution in [0.25, 0.3) is 22.2 Å². The SMILES string of the molecule is CC(C)(O)c1cnc(-c2cc3ccn(CCCCCOC(F)F)c(=O)c3cc2F)nc1. The average molecular weight is 435 g/mol. The molecule has 6 nitrogen and oxygen atoms in total. The summed E-state index contributed by atoms with van der Waals surface area (Å²) < 4.78 is 44.3. The number of aryl methyl sites for hydroxylation is 1. The Morgan fingerprint density at radius 2 is 1.87 bits per heavy atom. The summed E-state index contributed by atoms with van der Waals surface area (Å²) in [6, 6.07) is 4.41. The largest absolute Gasteiger partial charge is 0.386 e. The van der Waals surface area contributed by atoms with Gasteiger partial charge in [0.15, 0.2) is 5.82 Å². The number of aliphatic hydroxyl groups is 1. The van der Waals surface area contributed by atoms with Gasteiger partial charge in [0, 0.05) is 30.7 Å². The zero-order valence-corrected chi connectivity index (χ0v) is 17.3. The molecule has 3 rings (SSSR count). The molecule has 0 aliphatic heterocycles. The van der Waals surface area contributed by atoms with Crippen LogP contribution in [0.4, 0.5) is 13.2 Å². The first kappa shape index (κ1) is 22.9. The Labute approximate surface area is 177 Å². The van der Waals surface area contributed by atoms with Gasteiger partial charge in [0.25, 0.3) is 5.56 Å². The summed E-state index contributed by atoms with van der Waals surface area (Å²) >= 11 is 0. The molecule has 3 aromatic rings. The number of benzene rings is 1. The van der Waals surface area contributed by atoms with Crippen molar-refractivity contribution >= 4 is 10.8 Å². The summed E-state index contributed by atoms with van der Waals surface area (Å²) in [6.07, 6.45) is 6.21. The van der Waals surface area contributed by atoms with Crippen LogP contribution in [0, 0.1) is 5.82 Å². The highest BCUT2D eigenvalue weighted by atomic mass is 19.3. The standard InChI is InChI=1S/C22H24F3N3O3/c1-22(2,30)15-12-26-19(27-13-15)17-10-14-6-8-28(20(29)16(14)11-18(17)23)7-4-3-5-9-31-21(24)25/h6,8,10-13,21,30H,3-5,7,9H2,1-2H3. The van der Waals surface area contributed by atoms with Gasteiger partial charge in [0.1, 0.15) is 5.82 Å². The lowest BCUT2D eigenvalue weighted by atomic mass is 10.0. The van der Waals surface area contributed by atoms with Crippen molar-refractivity contribution in [3.05, 3.63) is 58.5 Å². The zero-order valence-electron chi connectivity index (χ0n) is 17.3. The number of hydrogen-bond acceptors (Lipinski definition) is 5. The maximum absolute atomic E-state index is 14.8. The van der Waals surface area contributed by atoms with E-state index in [1.165, 1.54) is 29.1 Å². The van der Waals surface area contributed by atoms with Crippen molar-refractivity contribution in [2.75, 3.05) is 6.61 Å². The van der Waals surface area contributed by atoms with Gasteiger partial charge >= 0.3 is 6.61 Å². The van der Waals surface area contributed by atoms with Gasteiger partial charge in [0.2, 0.25) is 0 Å². The number of aromatic nitrogens is 3.